The van der Waals surface area contributed by atoms with E-state index in [-0.39, 0.29) is 0 Å². The number of aromatic nitrogens is 3. The molecule has 1 aromatic rings. The summed E-state index contributed by atoms with van der Waals surface area (Å²) in [6.07, 6.45) is 5.22. The van der Waals surface area contributed by atoms with Crippen LogP contribution in [0.3, 0.4) is 0 Å². The van der Waals surface area contributed by atoms with Gasteiger partial charge in [0.15, 0.2) is 0 Å². The van der Waals surface area contributed by atoms with Gasteiger partial charge in [0, 0.05) is 12.6 Å². The first-order valence-electron chi connectivity index (χ1n) is 6.79. The van der Waals surface area contributed by atoms with Crippen LogP contribution in [0.2, 0.25) is 0 Å². The van der Waals surface area contributed by atoms with Crippen molar-refractivity contribution in [1.29, 1.82) is 0 Å². The second-order valence-electron chi connectivity index (χ2n) is 4.90. The van der Waals surface area contributed by atoms with Crippen LogP contribution in [0.5, 0.6) is 0 Å². The van der Waals surface area contributed by atoms with E-state index in [1.807, 2.05) is 10.9 Å². The molecule has 4 heteroatoms. The SMILES string of the molecule is CCCn1nncc1CCC(NCC)C(C)C. The fraction of sp³-hybridized carbons (Fsp3) is 0.846. The Morgan fingerprint density at radius 1 is 1.35 bits per heavy atom. The maximum Gasteiger partial charge on any atom is 0.0725 e. The van der Waals surface area contributed by atoms with E-state index < -0.39 is 0 Å². The van der Waals surface area contributed by atoms with E-state index in [9.17, 15) is 0 Å². The molecule has 0 saturated carbocycles. The topological polar surface area (TPSA) is 42.7 Å². The molecule has 1 heterocycles. The molecule has 0 amide bonds. The Kier molecular flexibility index (Phi) is 6.19. The molecule has 1 unspecified atom stereocenters. The van der Waals surface area contributed by atoms with Crippen molar-refractivity contribution >= 4 is 0 Å². The maximum atomic E-state index is 4.12. The first-order valence-corrected chi connectivity index (χ1v) is 6.79. The molecule has 98 valence electrons. The van der Waals surface area contributed by atoms with Gasteiger partial charge in [0.05, 0.1) is 11.9 Å². The second-order valence-corrected chi connectivity index (χ2v) is 4.90. The van der Waals surface area contributed by atoms with E-state index in [2.05, 4.69) is 43.3 Å². The third kappa shape index (κ3) is 4.46. The maximum absolute atomic E-state index is 4.12. The third-order valence-electron chi connectivity index (χ3n) is 3.12. The molecule has 1 rings (SSSR count). The van der Waals surface area contributed by atoms with Crippen LogP contribution in [0.15, 0.2) is 6.20 Å². The van der Waals surface area contributed by atoms with Gasteiger partial charge in [-0.15, -0.1) is 5.10 Å². The molecule has 0 aliphatic heterocycles. The highest BCUT2D eigenvalue weighted by atomic mass is 15.4. The Bertz CT molecular complexity index is 306. The van der Waals surface area contributed by atoms with E-state index in [1.54, 1.807) is 0 Å². The molecule has 1 aromatic heterocycles. The summed E-state index contributed by atoms with van der Waals surface area (Å²) in [5.41, 5.74) is 1.26. The molecule has 0 aliphatic carbocycles. The van der Waals surface area contributed by atoms with Gasteiger partial charge in [0.1, 0.15) is 0 Å². The predicted octanol–water partition coefficient (Wildman–Crippen LogP) is 2.25. The molecule has 0 aliphatic rings. The molecule has 4 nitrogen and oxygen atoms in total. The van der Waals surface area contributed by atoms with Gasteiger partial charge in [-0.3, -0.25) is 0 Å². The number of hydrogen-bond acceptors (Lipinski definition) is 3. The van der Waals surface area contributed by atoms with Crippen LogP contribution in [0.1, 0.15) is 46.2 Å². The second kappa shape index (κ2) is 7.43. The number of hydrogen-bond donors (Lipinski definition) is 1. The lowest BCUT2D eigenvalue weighted by molar-refractivity contribution is 0.380. The van der Waals surface area contributed by atoms with Gasteiger partial charge in [-0.25, -0.2) is 4.68 Å². The molecule has 0 aromatic carbocycles. The lowest BCUT2D eigenvalue weighted by Gasteiger charge is -2.21. The van der Waals surface area contributed by atoms with Crippen LogP contribution < -0.4 is 5.32 Å². The Labute approximate surface area is 105 Å². The molecule has 17 heavy (non-hydrogen) atoms. The molecule has 0 saturated heterocycles. The average molecular weight is 238 g/mol. The van der Waals surface area contributed by atoms with E-state index in [0.29, 0.717) is 12.0 Å². The number of aryl methyl sites for hydroxylation is 2. The van der Waals surface area contributed by atoms with Crippen LogP contribution in [0.25, 0.3) is 0 Å². The van der Waals surface area contributed by atoms with Gasteiger partial charge in [-0.1, -0.05) is 32.9 Å². The van der Waals surface area contributed by atoms with Crippen molar-refractivity contribution in [2.45, 2.75) is 59.5 Å². The highest BCUT2D eigenvalue weighted by Gasteiger charge is 2.13. The largest absolute Gasteiger partial charge is 0.314 e. The molecule has 0 bridgehead atoms. The summed E-state index contributed by atoms with van der Waals surface area (Å²) in [7, 11) is 0. The standard InChI is InChI=1S/C13H26N4/c1-5-9-17-12(10-15-16-17)7-8-13(11(3)4)14-6-2/h10-11,13-14H,5-9H2,1-4H3. The Hall–Kier alpha value is -0.900. The number of rotatable bonds is 8. The Morgan fingerprint density at radius 2 is 2.12 bits per heavy atom. The number of nitrogens with one attached hydrogen (secondary N) is 1. The quantitative estimate of drug-likeness (QED) is 0.755. The summed E-state index contributed by atoms with van der Waals surface area (Å²) in [5, 5.41) is 11.7. The molecule has 1 atom stereocenters. The molecule has 1 N–H and O–H groups in total. The van der Waals surface area contributed by atoms with E-state index in [1.165, 1.54) is 5.69 Å². The highest BCUT2D eigenvalue weighted by molar-refractivity contribution is 4.95. The van der Waals surface area contributed by atoms with Crippen molar-refractivity contribution in [2.75, 3.05) is 6.54 Å². The van der Waals surface area contributed by atoms with Crippen molar-refractivity contribution in [3.05, 3.63) is 11.9 Å². The normalized spacial score (nSPS) is 13.2. The summed E-state index contributed by atoms with van der Waals surface area (Å²) in [5.74, 6) is 0.672. The summed E-state index contributed by atoms with van der Waals surface area (Å²) >= 11 is 0. The van der Waals surface area contributed by atoms with Crippen LogP contribution >= 0.6 is 0 Å². The van der Waals surface area contributed by atoms with Crippen molar-refractivity contribution in [1.82, 2.24) is 20.3 Å². The first kappa shape index (κ1) is 14.2. The van der Waals surface area contributed by atoms with Crippen molar-refractivity contribution in [3.8, 4) is 0 Å². The minimum absolute atomic E-state index is 0.588. The molecule has 0 spiro atoms. The van der Waals surface area contributed by atoms with Gasteiger partial charge in [0.2, 0.25) is 0 Å². The van der Waals surface area contributed by atoms with E-state index in [4.69, 9.17) is 0 Å². The van der Waals surface area contributed by atoms with Crippen LogP contribution in [-0.4, -0.2) is 27.6 Å². The van der Waals surface area contributed by atoms with Crippen molar-refractivity contribution in [3.63, 3.8) is 0 Å². The van der Waals surface area contributed by atoms with Crippen LogP contribution in [-0.2, 0) is 13.0 Å². The van der Waals surface area contributed by atoms with Gasteiger partial charge in [-0.05, 0) is 31.7 Å². The zero-order valence-electron chi connectivity index (χ0n) is 11.6. The van der Waals surface area contributed by atoms with E-state index in [0.717, 1.165) is 32.4 Å². The third-order valence-corrected chi connectivity index (χ3v) is 3.12. The smallest absolute Gasteiger partial charge is 0.0725 e. The lowest BCUT2D eigenvalue weighted by atomic mass is 9.98. The minimum atomic E-state index is 0.588. The minimum Gasteiger partial charge on any atom is -0.314 e. The zero-order valence-corrected chi connectivity index (χ0v) is 11.6. The fourth-order valence-corrected chi connectivity index (χ4v) is 2.11. The highest BCUT2D eigenvalue weighted by Crippen LogP contribution is 2.10. The van der Waals surface area contributed by atoms with Gasteiger partial charge >= 0.3 is 0 Å². The average Bonchev–Trinajstić information content (AvgIpc) is 2.72. The van der Waals surface area contributed by atoms with Gasteiger partial charge in [0.25, 0.3) is 0 Å². The summed E-state index contributed by atoms with van der Waals surface area (Å²) in [6.45, 7) is 10.9. The summed E-state index contributed by atoms with van der Waals surface area (Å²) in [4.78, 5) is 0. The number of nitrogens with zero attached hydrogens (tertiary/aromatic N) is 3. The Balaban J connectivity index is 2.49. The van der Waals surface area contributed by atoms with Gasteiger partial charge in [-0.2, -0.15) is 0 Å². The first-order chi connectivity index (χ1) is 8.19. The fourth-order valence-electron chi connectivity index (χ4n) is 2.11. The zero-order chi connectivity index (χ0) is 12.7. The van der Waals surface area contributed by atoms with Crippen LogP contribution in [0.4, 0.5) is 0 Å². The monoisotopic (exact) mass is 238 g/mol. The summed E-state index contributed by atoms with van der Waals surface area (Å²) in [6, 6.07) is 0.588. The predicted molar refractivity (Wildman–Crippen MR) is 70.9 cm³/mol. The summed E-state index contributed by atoms with van der Waals surface area (Å²) < 4.78 is 2.03. The van der Waals surface area contributed by atoms with Crippen molar-refractivity contribution < 1.29 is 0 Å². The molecule has 0 fully saturated rings. The Morgan fingerprint density at radius 3 is 2.71 bits per heavy atom. The van der Waals surface area contributed by atoms with Crippen LogP contribution in [0, 0.1) is 5.92 Å². The van der Waals surface area contributed by atoms with E-state index >= 15 is 0 Å². The lowest BCUT2D eigenvalue weighted by Crippen LogP contribution is -2.34. The van der Waals surface area contributed by atoms with Gasteiger partial charge < -0.3 is 5.32 Å². The van der Waals surface area contributed by atoms with Crippen molar-refractivity contribution in [2.24, 2.45) is 5.92 Å². The molecular weight excluding hydrogens is 212 g/mol. The molecule has 0 radical (unpaired) electrons. The molecular formula is C13H26N4.